The van der Waals surface area contributed by atoms with E-state index >= 15 is 0 Å². The van der Waals surface area contributed by atoms with E-state index < -0.39 is 40.8 Å². The Morgan fingerprint density at radius 1 is 1.29 bits per heavy atom. The van der Waals surface area contributed by atoms with Gasteiger partial charge in [0, 0.05) is 25.9 Å². The smallest absolute Gasteiger partial charge is 0.416 e. The molecule has 34 heavy (non-hydrogen) atoms. The van der Waals surface area contributed by atoms with Crippen molar-refractivity contribution in [3.8, 4) is 5.75 Å². The Morgan fingerprint density at radius 2 is 1.91 bits per heavy atom. The highest BCUT2D eigenvalue weighted by atomic mass is 35.5. The number of hydrogen-bond donors (Lipinski definition) is 1. The molecule has 3 rings (SSSR count). The van der Waals surface area contributed by atoms with Crippen LogP contribution in [0.25, 0.3) is 0 Å². The van der Waals surface area contributed by atoms with Crippen molar-refractivity contribution in [3.63, 3.8) is 0 Å². The van der Waals surface area contributed by atoms with Gasteiger partial charge in [0.15, 0.2) is 0 Å². The maximum absolute atomic E-state index is 12.7. The average Bonchev–Trinajstić information content (AvgIpc) is 3.12. The predicted octanol–water partition coefficient (Wildman–Crippen LogP) is 3.89. The number of halogens is 4. The van der Waals surface area contributed by atoms with Gasteiger partial charge in [-0.2, -0.15) is 13.2 Å². The first-order chi connectivity index (χ1) is 15.8. The van der Waals surface area contributed by atoms with Crippen LogP contribution in [0.3, 0.4) is 0 Å². The molecule has 0 radical (unpaired) electrons. The summed E-state index contributed by atoms with van der Waals surface area (Å²) in [6.45, 7) is 1.39. The first-order valence-corrected chi connectivity index (χ1v) is 10.6. The molecule has 1 fully saturated rings. The first kappa shape index (κ1) is 25.6. The fourth-order valence-corrected chi connectivity index (χ4v) is 3.57. The first-order valence-electron chi connectivity index (χ1n) is 10.2. The second kappa shape index (κ2) is 10.1. The van der Waals surface area contributed by atoms with Crippen LogP contribution in [0.2, 0.25) is 5.28 Å². The number of rotatable bonds is 7. The molecule has 2 heterocycles. The molecule has 1 aliphatic rings. The molecular formula is C20H22ClF3N4O6. The minimum absolute atomic E-state index is 0.187. The van der Waals surface area contributed by atoms with Crippen LogP contribution in [0.15, 0.2) is 30.5 Å². The standard InChI is InChI=1S/C20H22ClF3N4O6/c1-19(30,11-27-10-16(28(31)32)25-17(27)21)12-33-18(29)26-8-6-15(7-9-26)34-14-4-2-13(3-5-14)20(22,23)24/h2-5,10,15,30H,6-9,11-12H2,1H3. The number of alkyl halides is 3. The molecule has 0 saturated carbocycles. The molecule has 1 atom stereocenters. The van der Waals surface area contributed by atoms with Crippen molar-refractivity contribution in [1.82, 2.24) is 14.5 Å². The van der Waals surface area contributed by atoms with E-state index in [-0.39, 0.29) is 17.9 Å². The molecule has 1 aromatic heterocycles. The van der Waals surface area contributed by atoms with Crippen molar-refractivity contribution in [2.75, 3.05) is 19.7 Å². The number of amides is 1. The minimum Gasteiger partial charge on any atom is -0.490 e. The molecule has 1 unspecified atom stereocenters. The van der Waals surface area contributed by atoms with Gasteiger partial charge in [-0.25, -0.2) is 4.79 Å². The zero-order valence-electron chi connectivity index (χ0n) is 18.0. The van der Waals surface area contributed by atoms with Crippen LogP contribution >= 0.6 is 11.6 Å². The second-order valence-electron chi connectivity index (χ2n) is 8.13. The molecule has 1 aromatic carbocycles. The van der Waals surface area contributed by atoms with Crippen molar-refractivity contribution < 1.29 is 37.5 Å². The summed E-state index contributed by atoms with van der Waals surface area (Å²) in [7, 11) is 0. The predicted molar refractivity (Wildman–Crippen MR) is 113 cm³/mol. The van der Waals surface area contributed by atoms with Crippen molar-refractivity contribution in [2.45, 2.75) is 44.2 Å². The van der Waals surface area contributed by atoms with Crippen LogP contribution in [0.1, 0.15) is 25.3 Å². The summed E-state index contributed by atoms with van der Waals surface area (Å²) in [6.07, 6.45) is -3.39. The van der Waals surface area contributed by atoms with Crippen LogP contribution in [0, 0.1) is 10.1 Å². The third-order valence-electron chi connectivity index (χ3n) is 5.10. The molecule has 0 bridgehead atoms. The summed E-state index contributed by atoms with van der Waals surface area (Å²) in [6, 6.07) is 4.41. The monoisotopic (exact) mass is 506 g/mol. The topological polar surface area (TPSA) is 120 Å². The Morgan fingerprint density at radius 3 is 2.44 bits per heavy atom. The van der Waals surface area contributed by atoms with E-state index in [2.05, 4.69) is 4.98 Å². The number of carbonyl (C=O) groups excluding carboxylic acids is 1. The molecular weight excluding hydrogens is 485 g/mol. The van der Waals surface area contributed by atoms with Gasteiger partial charge in [-0.1, -0.05) is 0 Å². The van der Waals surface area contributed by atoms with Crippen LogP contribution in [-0.2, 0) is 17.5 Å². The Labute approximate surface area is 197 Å². The normalized spacial score (nSPS) is 16.7. The van der Waals surface area contributed by atoms with Gasteiger partial charge in [-0.3, -0.25) is 4.57 Å². The highest BCUT2D eigenvalue weighted by Gasteiger charge is 2.32. The Bertz CT molecular complexity index is 1020. The molecule has 0 spiro atoms. The van der Waals surface area contributed by atoms with Crippen LogP contribution in [0.5, 0.6) is 5.75 Å². The van der Waals surface area contributed by atoms with Gasteiger partial charge >= 0.3 is 23.4 Å². The van der Waals surface area contributed by atoms with Gasteiger partial charge in [0.2, 0.25) is 0 Å². The van der Waals surface area contributed by atoms with Gasteiger partial charge in [-0.15, -0.1) is 0 Å². The third-order valence-corrected chi connectivity index (χ3v) is 5.41. The number of benzene rings is 1. The number of piperidine rings is 1. The zero-order chi connectivity index (χ0) is 25.1. The van der Waals surface area contributed by atoms with Crippen LogP contribution in [-0.4, -0.2) is 62.0 Å². The maximum Gasteiger partial charge on any atom is 0.416 e. The molecule has 1 amide bonds. The third kappa shape index (κ3) is 6.73. The summed E-state index contributed by atoms with van der Waals surface area (Å²) >= 11 is 5.84. The fraction of sp³-hybridized carbons (Fsp3) is 0.500. The van der Waals surface area contributed by atoms with Gasteiger partial charge in [0.05, 0.1) is 12.1 Å². The summed E-state index contributed by atoms with van der Waals surface area (Å²) in [4.78, 5) is 27.4. The van der Waals surface area contributed by atoms with E-state index in [1.807, 2.05) is 0 Å². The van der Waals surface area contributed by atoms with E-state index in [0.29, 0.717) is 31.7 Å². The van der Waals surface area contributed by atoms with Crippen LogP contribution < -0.4 is 4.74 Å². The van der Waals surface area contributed by atoms with Gasteiger partial charge in [0.25, 0.3) is 0 Å². The van der Waals surface area contributed by atoms with Crippen molar-refractivity contribution in [2.24, 2.45) is 0 Å². The minimum atomic E-state index is -4.42. The number of aliphatic hydroxyl groups is 1. The maximum atomic E-state index is 12.7. The average molecular weight is 507 g/mol. The Kier molecular flexibility index (Phi) is 7.56. The van der Waals surface area contributed by atoms with Crippen LogP contribution in [0.4, 0.5) is 23.8 Å². The number of nitro groups is 1. The molecule has 1 saturated heterocycles. The van der Waals surface area contributed by atoms with Gasteiger partial charge in [-0.05, 0) is 52.7 Å². The summed E-state index contributed by atoms with van der Waals surface area (Å²) in [5, 5.41) is 21.1. The summed E-state index contributed by atoms with van der Waals surface area (Å²) in [5.41, 5.74) is -2.33. The Balaban J connectivity index is 1.45. The van der Waals surface area contributed by atoms with Crippen molar-refractivity contribution >= 4 is 23.5 Å². The number of imidazole rings is 1. The number of aromatic nitrogens is 2. The quantitative estimate of drug-likeness (QED) is 0.446. The molecule has 14 heteroatoms. The van der Waals surface area contributed by atoms with E-state index in [9.17, 15) is 33.2 Å². The van der Waals surface area contributed by atoms with E-state index in [0.717, 1.165) is 18.3 Å². The molecule has 186 valence electrons. The number of ether oxygens (including phenoxy) is 2. The lowest BCUT2D eigenvalue weighted by molar-refractivity contribution is -0.389. The number of carbonyl (C=O) groups is 1. The molecule has 0 aliphatic carbocycles. The largest absolute Gasteiger partial charge is 0.490 e. The number of likely N-dealkylation sites (tertiary alicyclic amines) is 1. The van der Waals surface area contributed by atoms with E-state index in [1.54, 1.807) is 0 Å². The fourth-order valence-electron chi connectivity index (χ4n) is 3.37. The lowest BCUT2D eigenvalue weighted by Gasteiger charge is -2.32. The van der Waals surface area contributed by atoms with Gasteiger partial charge < -0.3 is 29.6 Å². The summed E-state index contributed by atoms with van der Waals surface area (Å²) in [5.74, 6) is -0.164. The lowest BCUT2D eigenvalue weighted by Crippen LogP contribution is -2.44. The molecule has 1 N–H and O–H groups in total. The highest BCUT2D eigenvalue weighted by molar-refractivity contribution is 6.28. The van der Waals surface area contributed by atoms with E-state index in [4.69, 9.17) is 21.1 Å². The number of nitrogens with zero attached hydrogens (tertiary/aromatic N) is 4. The molecule has 1 aliphatic heterocycles. The Hall–Kier alpha value is -3.06. The summed E-state index contributed by atoms with van der Waals surface area (Å²) < 4.78 is 50.0. The van der Waals surface area contributed by atoms with Gasteiger partial charge in [0.1, 0.15) is 30.3 Å². The zero-order valence-corrected chi connectivity index (χ0v) is 18.8. The SMILES string of the molecule is CC(O)(COC(=O)N1CCC(Oc2ccc(C(F)(F)F)cc2)CC1)Cn1cc([N+](=O)[O-])nc1Cl. The molecule has 10 nitrogen and oxygen atoms in total. The van der Waals surface area contributed by atoms with Crippen molar-refractivity contribution in [1.29, 1.82) is 0 Å². The lowest BCUT2D eigenvalue weighted by atomic mass is 10.1. The van der Waals surface area contributed by atoms with Crippen molar-refractivity contribution in [3.05, 3.63) is 51.4 Å². The number of hydrogen-bond acceptors (Lipinski definition) is 7. The van der Waals surface area contributed by atoms with E-state index in [1.165, 1.54) is 28.5 Å². The highest BCUT2D eigenvalue weighted by Crippen LogP contribution is 2.31. The molecule has 2 aromatic rings. The second-order valence-corrected chi connectivity index (χ2v) is 8.47.